The molecule has 0 aliphatic rings. The quantitative estimate of drug-likeness (QED) is 0.453. The first kappa shape index (κ1) is 19.0. The Kier molecular flexibility index (Phi) is 6.30. The average Bonchev–Trinajstić information content (AvgIpc) is 2.73. The largest absolute Gasteiger partial charge is 0.508 e. The molecule has 0 atom stereocenters. The lowest BCUT2D eigenvalue weighted by Crippen LogP contribution is -2.36. The second-order valence-corrected chi connectivity index (χ2v) is 6.15. The van der Waals surface area contributed by atoms with E-state index in [0.29, 0.717) is 18.7 Å². The van der Waals surface area contributed by atoms with Gasteiger partial charge in [0.15, 0.2) is 5.82 Å². The first-order chi connectivity index (χ1) is 13.6. The number of carbonyl (C=O) groups is 2. The predicted molar refractivity (Wildman–Crippen MR) is 106 cm³/mol. The van der Waals surface area contributed by atoms with Gasteiger partial charge in [-0.1, -0.05) is 42.5 Å². The summed E-state index contributed by atoms with van der Waals surface area (Å²) < 4.78 is 0. The third kappa shape index (κ3) is 5.38. The molecule has 0 unspecified atom stereocenters. The van der Waals surface area contributed by atoms with Crippen LogP contribution in [0.4, 0.5) is 5.82 Å². The topological polar surface area (TPSA) is 104 Å². The van der Waals surface area contributed by atoms with Crippen molar-refractivity contribution in [1.29, 1.82) is 0 Å². The monoisotopic (exact) mass is 376 g/mol. The molecule has 0 spiro atoms. The molecular formula is C21H20N4O3. The molecular weight excluding hydrogens is 356 g/mol. The van der Waals surface area contributed by atoms with Crippen molar-refractivity contribution in [3.05, 3.63) is 72.3 Å². The molecule has 3 rings (SSSR count). The van der Waals surface area contributed by atoms with Crippen molar-refractivity contribution < 1.29 is 14.7 Å². The minimum atomic E-state index is -0.786. The molecule has 0 fully saturated rings. The van der Waals surface area contributed by atoms with E-state index in [4.69, 9.17) is 0 Å². The molecule has 28 heavy (non-hydrogen) atoms. The van der Waals surface area contributed by atoms with Gasteiger partial charge in [-0.05, 0) is 42.7 Å². The minimum absolute atomic E-state index is 0.212. The van der Waals surface area contributed by atoms with Gasteiger partial charge in [-0.3, -0.25) is 9.59 Å². The number of aromatic hydroxyl groups is 1. The van der Waals surface area contributed by atoms with Gasteiger partial charge in [0.2, 0.25) is 0 Å². The van der Waals surface area contributed by atoms with Gasteiger partial charge in [-0.2, -0.15) is 0 Å². The van der Waals surface area contributed by atoms with Gasteiger partial charge in [0.25, 0.3) is 0 Å². The van der Waals surface area contributed by atoms with Crippen LogP contribution in [0.2, 0.25) is 0 Å². The Morgan fingerprint density at radius 2 is 1.61 bits per heavy atom. The van der Waals surface area contributed by atoms with Crippen LogP contribution in [0.15, 0.2) is 66.7 Å². The normalized spacial score (nSPS) is 10.3. The molecule has 0 aliphatic carbocycles. The highest BCUT2D eigenvalue weighted by molar-refractivity contribution is 6.39. The lowest BCUT2D eigenvalue weighted by molar-refractivity contribution is -0.136. The average molecular weight is 376 g/mol. The van der Waals surface area contributed by atoms with Crippen molar-refractivity contribution in [1.82, 2.24) is 15.5 Å². The third-order valence-electron chi connectivity index (χ3n) is 4.05. The highest BCUT2D eigenvalue weighted by atomic mass is 16.3. The molecule has 3 aromatic rings. The summed E-state index contributed by atoms with van der Waals surface area (Å²) in [6.07, 6.45) is 1.41. The van der Waals surface area contributed by atoms with Crippen LogP contribution in [0.25, 0.3) is 11.3 Å². The van der Waals surface area contributed by atoms with Gasteiger partial charge in [0.05, 0.1) is 5.69 Å². The second kappa shape index (κ2) is 9.27. The highest BCUT2D eigenvalue weighted by Gasteiger charge is 2.14. The molecule has 0 aliphatic heterocycles. The van der Waals surface area contributed by atoms with E-state index < -0.39 is 11.8 Å². The summed E-state index contributed by atoms with van der Waals surface area (Å²) in [7, 11) is 0. The molecule has 7 nitrogen and oxygen atoms in total. The molecule has 0 saturated heterocycles. The Morgan fingerprint density at radius 1 is 0.857 bits per heavy atom. The molecule has 1 heterocycles. The van der Waals surface area contributed by atoms with Crippen molar-refractivity contribution in [3.63, 3.8) is 0 Å². The Labute approximate surface area is 162 Å². The molecule has 0 radical (unpaired) electrons. The molecule has 7 heteroatoms. The van der Waals surface area contributed by atoms with Crippen LogP contribution in [0.5, 0.6) is 5.75 Å². The number of phenols is 1. The minimum Gasteiger partial charge on any atom is -0.508 e. The van der Waals surface area contributed by atoms with Crippen LogP contribution in [-0.2, 0) is 16.0 Å². The van der Waals surface area contributed by atoms with Crippen LogP contribution in [0, 0.1) is 0 Å². The Balaban J connectivity index is 1.43. The number of carbonyl (C=O) groups excluding carboxylic acids is 2. The van der Waals surface area contributed by atoms with Crippen LogP contribution < -0.4 is 10.6 Å². The zero-order chi connectivity index (χ0) is 19.8. The van der Waals surface area contributed by atoms with Crippen molar-refractivity contribution in [2.75, 3.05) is 11.9 Å². The molecule has 0 saturated carbocycles. The summed E-state index contributed by atoms with van der Waals surface area (Å²) in [6.45, 7) is 0.367. The number of aromatic nitrogens is 2. The van der Waals surface area contributed by atoms with Crippen LogP contribution in [-0.4, -0.2) is 33.7 Å². The van der Waals surface area contributed by atoms with Gasteiger partial charge < -0.3 is 15.7 Å². The van der Waals surface area contributed by atoms with E-state index in [1.807, 2.05) is 42.5 Å². The third-order valence-corrected chi connectivity index (χ3v) is 4.05. The van der Waals surface area contributed by atoms with Gasteiger partial charge in [0.1, 0.15) is 5.75 Å². The molecule has 1 aromatic heterocycles. The maximum atomic E-state index is 12.0. The zero-order valence-electron chi connectivity index (χ0n) is 15.1. The maximum absolute atomic E-state index is 12.0. The van der Waals surface area contributed by atoms with E-state index in [0.717, 1.165) is 17.5 Å². The van der Waals surface area contributed by atoms with E-state index >= 15 is 0 Å². The fourth-order valence-corrected chi connectivity index (χ4v) is 2.57. The zero-order valence-corrected chi connectivity index (χ0v) is 15.1. The number of nitrogens with zero attached hydrogens (tertiary/aromatic N) is 2. The first-order valence-corrected chi connectivity index (χ1v) is 8.88. The second-order valence-electron chi connectivity index (χ2n) is 6.15. The Hall–Kier alpha value is -3.74. The lowest BCUT2D eigenvalue weighted by Gasteiger charge is -2.06. The summed E-state index contributed by atoms with van der Waals surface area (Å²) in [5.41, 5.74) is 2.64. The Morgan fingerprint density at radius 3 is 2.29 bits per heavy atom. The maximum Gasteiger partial charge on any atom is 0.314 e. The van der Waals surface area contributed by atoms with Crippen molar-refractivity contribution in [2.45, 2.75) is 12.8 Å². The van der Waals surface area contributed by atoms with Gasteiger partial charge in [0, 0.05) is 12.1 Å². The number of benzene rings is 2. The van der Waals surface area contributed by atoms with E-state index in [9.17, 15) is 14.7 Å². The SMILES string of the molecule is O=C(NCCCc1ccc(O)cc1)C(=O)Nc1ccc(-c2ccccc2)nn1. The number of hydrogen-bond acceptors (Lipinski definition) is 5. The van der Waals surface area contributed by atoms with Gasteiger partial charge >= 0.3 is 11.8 Å². The standard InChI is InChI=1S/C21H20N4O3/c26-17-10-8-15(9-11-17)5-4-14-22-20(27)21(28)23-19-13-12-18(24-25-19)16-6-2-1-3-7-16/h1-3,6-13,26H,4-5,14H2,(H,22,27)(H,23,25,28). The predicted octanol–water partition coefficient (Wildman–Crippen LogP) is 2.54. The fourth-order valence-electron chi connectivity index (χ4n) is 2.57. The molecule has 0 bridgehead atoms. The number of amides is 2. The Bertz CT molecular complexity index is 926. The van der Waals surface area contributed by atoms with Crippen molar-refractivity contribution in [3.8, 4) is 17.0 Å². The van der Waals surface area contributed by atoms with Gasteiger partial charge in [-0.25, -0.2) is 0 Å². The van der Waals surface area contributed by atoms with Crippen LogP contribution >= 0.6 is 0 Å². The van der Waals surface area contributed by atoms with E-state index in [-0.39, 0.29) is 11.6 Å². The number of anilines is 1. The smallest absolute Gasteiger partial charge is 0.314 e. The number of aryl methyl sites for hydroxylation is 1. The number of rotatable bonds is 6. The fraction of sp³-hybridized carbons (Fsp3) is 0.143. The summed E-state index contributed by atoms with van der Waals surface area (Å²) in [5, 5.41) is 22.3. The van der Waals surface area contributed by atoms with Gasteiger partial charge in [-0.15, -0.1) is 10.2 Å². The highest BCUT2D eigenvalue weighted by Crippen LogP contribution is 2.16. The van der Waals surface area contributed by atoms with E-state index in [1.165, 1.54) is 0 Å². The first-order valence-electron chi connectivity index (χ1n) is 8.88. The summed E-state index contributed by atoms with van der Waals surface area (Å²) in [4.78, 5) is 23.8. The molecule has 2 aromatic carbocycles. The van der Waals surface area contributed by atoms with Crippen molar-refractivity contribution >= 4 is 17.6 Å². The number of phenolic OH excluding ortho intramolecular Hbond substituents is 1. The summed E-state index contributed by atoms with van der Waals surface area (Å²) in [5.74, 6) is -1.08. The number of nitrogens with one attached hydrogen (secondary N) is 2. The van der Waals surface area contributed by atoms with Crippen LogP contribution in [0.1, 0.15) is 12.0 Å². The van der Waals surface area contributed by atoms with E-state index in [1.54, 1.807) is 24.3 Å². The van der Waals surface area contributed by atoms with Crippen LogP contribution in [0.3, 0.4) is 0 Å². The summed E-state index contributed by atoms with van der Waals surface area (Å²) >= 11 is 0. The molecule has 3 N–H and O–H groups in total. The summed E-state index contributed by atoms with van der Waals surface area (Å²) in [6, 6.07) is 19.7. The molecule has 2 amide bonds. The number of hydrogen-bond donors (Lipinski definition) is 3. The molecule has 142 valence electrons. The lowest BCUT2D eigenvalue weighted by atomic mass is 10.1. The van der Waals surface area contributed by atoms with E-state index in [2.05, 4.69) is 20.8 Å². The van der Waals surface area contributed by atoms with Crippen molar-refractivity contribution in [2.24, 2.45) is 0 Å².